The number of rotatable bonds is 7. The Hall–Kier alpha value is -2.61. The standard InChI is InChI=1S/C18H28N6O2/c19-14(10-11-6-8-13(9-7-11)23-18(21)22)17(26)24-15(16(20)25)12-4-2-1-3-5-12/h6-9,12,14-15H,1-5,10,19H2,(H2,20,25)(H,24,26)(H4,21,22,23)/t14-,15-/m0/s1. The van der Waals surface area contributed by atoms with Gasteiger partial charge in [-0.05, 0) is 42.9 Å². The van der Waals surface area contributed by atoms with E-state index in [1.807, 2.05) is 12.1 Å². The Morgan fingerprint density at radius 2 is 1.69 bits per heavy atom. The van der Waals surface area contributed by atoms with Crippen LogP contribution < -0.4 is 28.3 Å². The summed E-state index contributed by atoms with van der Waals surface area (Å²) in [5.41, 5.74) is 23.7. The van der Waals surface area contributed by atoms with Crippen molar-refractivity contribution >= 4 is 23.5 Å². The lowest BCUT2D eigenvalue weighted by Gasteiger charge is -2.29. The third-order valence-electron chi connectivity index (χ3n) is 4.71. The number of hydrogen-bond acceptors (Lipinski definition) is 4. The van der Waals surface area contributed by atoms with Gasteiger partial charge >= 0.3 is 0 Å². The van der Waals surface area contributed by atoms with Crippen molar-refractivity contribution in [2.24, 2.45) is 33.8 Å². The van der Waals surface area contributed by atoms with E-state index in [-0.39, 0.29) is 17.8 Å². The van der Waals surface area contributed by atoms with Crippen LogP contribution in [0.3, 0.4) is 0 Å². The number of nitrogens with two attached hydrogens (primary N) is 4. The molecule has 0 saturated heterocycles. The predicted octanol–water partition coefficient (Wildman–Crippen LogP) is 0.0117. The first-order valence-electron chi connectivity index (χ1n) is 8.90. The first kappa shape index (κ1) is 19.7. The van der Waals surface area contributed by atoms with Gasteiger partial charge in [-0.2, -0.15) is 0 Å². The Balaban J connectivity index is 1.95. The van der Waals surface area contributed by atoms with Gasteiger partial charge in [0.15, 0.2) is 5.96 Å². The normalized spacial score (nSPS) is 17.1. The van der Waals surface area contributed by atoms with Crippen LogP contribution in [0.1, 0.15) is 37.7 Å². The van der Waals surface area contributed by atoms with E-state index in [0.717, 1.165) is 37.7 Å². The Morgan fingerprint density at radius 3 is 2.23 bits per heavy atom. The summed E-state index contributed by atoms with van der Waals surface area (Å²) in [5, 5.41) is 2.75. The lowest BCUT2D eigenvalue weighted by molar-refractivity contribution is -0.129. The lowest BCUT2D eigenvalue weighted by Crippen LogP contribution is -2.54. The highest BCUT2D eigenvalue weighted by molar-refractivity contribution is 5.89. The molecule has 0 radical (unpaired) electrons. The molecule has 1 saturated carbocycles. The molecule has 0 aromatic heterocycles. The number of primary amides is 1. The van der Waals surface area contributed by atoms with Crippen molar-refractivity contribution in [3.63, 3.8) is 0 Å². The van der Waals surface area contributed by atoms with Crippen molar-refractivity contribution in [3.8, 4) is 0 Å². The van der Waals surface area contributed by atoms with Crippen LogP contribution in [0.4, 0.5) is 5.69 Å². The summed E-state index contributed by atoms with van der Waals surface area (Å²) in [6.07, 6.45) is 5.40. The average Bonchev–Trinajstić information content (AvgIpc) is 2.61. The van der Waals surface area contributed by atoms with Gasteiger partial charge in [-0.25, -0.2) is 4.99 Å². The van der Waals surface area contributed by atoms with E-state index in [9.17, 15) is 9.59 Å². The molecule has 9 N–H and O–H groups in total. The van der Waals surface area contributed by atoms with Crippen molar-refractivity contribution < 1.29 is 9.59 Å². The van der Waals surface area contributed by atoms with Crippen molar-refractivity contribution in [1.82, 2.24) is 5.32 Å². The zero-order valence-corrected chi connectivity index (χ0v) is 14.9. The van der Waals surface area contributed by atoms with E-state index in [0.29, 0.717) is 12.1 Å². The molecule has 0 aliphatic heterocycles. The molecule has 0 bridgehead atoms. The van der Waals surface area contributed by atoms with Gasteiger partial charge in [0.2, 0.25) is 11.8 Å². The summed E-state index contributed by atoms with van der Waals surface area (Å²) in [6, 6.07) is 5.68. The third kappa shape index (κ3) is 5.73. The summed E-state index contributed by atoms with van der Waals surface area (Å²) >= 11 is 0. The number of aliphatic imine (C=N–C) groups is 1. The molecule has 1 fully saturated rings. The minimum absolute atomic E-state index is 0.0194. The molecule has 2 rings (SSSR count). The summed E-state index contributed by atoms with van der Waals surface area (Å²) in [7, 11) is 0. The second-order valence-electron chi connectivity index (χ2n) is 6.80. The van der Waals surface area contributed by atoms with E-state index in [1.165, 1.54) is 0 Å². The Kier molecular flexibility index (Phi) is 6.97. The number of hydrogen-bond donors (Lipinski definition) is 5. The average molecular weight is 360 g/mol. The highest BCUT2D eigenvalue weighted by Crippen LogP contribution is 2.26. The molecule has 142 valence electrons. The van der Waals surface area contributed by atoms with Crippen molar-refractivity contribution in [2.75, 3.05) is 0 Å². The molecule has 1 aromatic rings. The van der Waals surface area contributed by atoms with Crippen molar-refractivity contribution in [2.45, 2.75) is 50.6 Å². The topological polar surface area (TPSA) is 163 Å². The van der Waals surface area contributed by atoms with Gasteiger partial charge < -0.3 is 28.3 Å². The van der Waals surface area contributed by atoms with Gasteiger partial charge in [-0.1, -0.05) is 31.4 Å². The summed E-state index contributed by atoms with van der Waals surface area (Å²) < 4.78 is 0. The molecule has 0 unspecified atom stereocenters. The van der Waals surface area contributed by atoms with Crippen LogP contribution in [0.2, 0.25) is 0 Å². The minimum Gasteiger partial charge on any atom is -0.370 e. The van der Waals surface area contributed by atoms with E-state index in [1.54, 1.807) is 12.1 Å². The van der Waals surface area contributed by atoms with Gasteiger partial charge in [-0.3, -0.25) is 9.59 Å². The van der Waals surface area contributed by atoms with Crippen LogP contribution in [-0.4, -0.2) is 29.9 Å². The highest BCUT2D eigenvalue weighted by atomic mass is 16.2. The molecule has 8 nitrogen and oxygen atoms in total. The number of benzene rings is 1. The van der Waals surface area contributed by atoms with Crippen LogP contribution in [0.15, 0.2) is 29.3 Å². The van der Waals surface area contributed by atoms with Crippen LogP contribution in [0, 0.1) is 5.92 Å². The van der Waals surface area contributed by atoms with Gasteiger partial charge in [0.05, 0.1) is 11.7 Å². The summed E-state index contributed by atoms with van der Waals surface area (Å²) in [4.78, 5) is 28.1. The van der Waals surface area contributed by atoms with Crippen LogP contribution in [-0.2, 0) is 16.0 Å². The molecule has 0 heterocycles. The number of carbonyl (C=O) groups is 2. The van der Waals surface area contributed by atoms with Crippen LogP contribution in [0.25, 0.3) is 0 Å². The maximum atomic E-state index is 12.4. The van der Waals surface area contributed by atoms with Gasteiger partial charge in [0, 0.05) is 0 Å². The van der Waals surface area contributed by atoms with Crippen LogP contribution >= 0.6 is 0 Å². The fraction of sp³-hybridized carbons (Fsp3) is 0.500. The van der Waals surface area contributed by atoms with E-state index in [4.69, 9.17) is 22.9 Å². The molecular weight excluding hydrogens is 332 g/mol. The number of nitrogens with zero attached hydrogens (tertiary/aromatic N) is 1. The quantitative estimate of drug-likeness (QED) is 0.341. The maximum absolute atomic E-state index is 12.4. The molecule has 1 aliphatic rings. The molecular formula is C18H28N6O2. The predicted molar refractivity (Wildman–Crippen MR) is 101 cm³/mol. The van der Waals surface area contributed by atoms with Crippen molar-refractivity contribution in [3.05, 3.63) is 29.8 Å². The zero-order chi connectivity index (χ0) is 19.1. The third-order valence-corrected chi connectivity index (χ3v) is 4.71. The second-order valence-corrected chi connectivity index (χ2v) is 6.80. The smallest absolute Gasteiger partial charge is 0.240 e. The van der Waals surface area contributed by atoms with Crippen LogP contribution in [0.5, 0.6) is 0 Å². The molecule has 1 aromatic carbocycles. The fourth-order valence-corrected chi connectivity index (χ4v) is 3.35. The second kappa shape index (κ2) is 9.19. The number of carbonyl (C=O) groups excluding carboxylic acids is 2. The number of guanidine groups is 1. The molecule has 26 heavy (non-hydrogen) atoms. The largest absolute Gasteiger partial charge is 0.370 e. The van der Waals surface area contributed by atoms with E-state index >= 15 is 0 Å². The SMILES string of the molecule is NC(=O)[C@@H](NC(=O)[C@@H](N)Cc1ccc(N=C(N)N)cc1)C1CCCCC1. The summed E-state index contributed by atoms with van der Waals surface area (Å²) in [5.74, 6) is -0.794. The van der Waals surface area contributed by atoms with Gasteiger partial charge in [0.1, 0.15) is 6.04 Å². The lowest BCUT2D eigenvalue weighted by atomic mass is 9.83. The highest BCUT2D eigenvalue weighted by Gasteiger charge is 2.30. The van der Waals surface area contributed by atoms with Crippen molar-refractivity contribution in [1.29, 1.82) is 0 Å². The monoisotopic (exact) mass is 360 g/mol. The minimum atomic E-state index is -0.769. The van der Waals surface area contributed by atoms with E-state index in [2.05, 4.69) is 10.3 Å². The molecule has 1 aliphatic carbocycles. The van der Waals surface area contributed by atoms with E-state index < -0.39 is 18.0 Å². The molecule has 2 atom stereocenters. The fourth-order valence-electron chi connectivity index (χ4n) is 3.35. The Labute approximate surface area is 153 Å². The number of nitrogens with one attached hydrogen (secondary N) is 1. The Bertz CT molecular complexity index is 648. The first-order chi connectivity index (χ1) is 12.4. The number of amides is 2. The Morgan fingerprint density at radius 1 is 1.08 bits per heavy atom. The summed E-state index contributed by atoms with van der Waals surface area (Å²) in [6.45, 7) is 0. The molecule has 2 amide bonds. The van der Waals surface area contributed by atoms with Gasteiger partial charge in [0.25, 0.3) is 0 Å². The van der Waals surface area contributed by atoms with Gasteiger partial charge in [-0.15, -0.1) is 0 Å². The first-order valence-corrected chi connectivity index (χ1v) is 8.90. The zero-order valence-electron chi connectivity index (χ0n) is 14.9. The maximum Gasteiger partial charge on any atom is 0.240 e. The molecule has 0 spiro atoms. The molecule has 8 heteroatoms.